The predicted molar refractivity (Wildman–Crippen MR) is 116 cm³/mol. The van der Waals surface area contributed by atoms with Gasteiger partial charge in [-0.15, -0.1) is 35.0 Å². The van der Waals surface area contributed by atoms with E-state index in [1.165, 1.54) is 31.0 Å². The zero-order valence-corrected chi connectivity index (χ0v) is 19.3. The summed E-state index contributed by atoms with van der Waals surface area (Å²) < 4.78 is 5.73. The molecule has 0 bridgehead atoms. The number of carbonyl (C=O) groups is 1. The van der Waals surface area contributed by atoms with Gasteiger partial charge in [-0.25, -0.2) is 0 Å². The van der Waals surface area contributed by atoms with Gasteiger partial charge in [-0.05, 0) is 38.0 Å². The number of aliphatic hydroxyl groups is 3. The number of alkyl halides is 2. The molecule has 0 aromatic carbocycles. The van der Waals surface area contributed by atoms with Crippen molar-refractivity contribution in [2.24, 2.45) is 5.92 Å². The molecule has 5 N–H and O–H groups in total. The molecule has 29 heavy (non-hydrogen) atoms. The Labute approximate surface area is 187 Å². The number of carbonyl (C=O) groups excluding carboxylic acids is 1. The molecule has 1 amide bonds. The van der Waals surface area contributed by atoms with Gasteiger partial charge in [-0.2, -0.15) is 0 Å². The number of hydrogen-bond acceptors (Lipinski definition) is 7. The second-order valence-corrected chi connectivity index (χ2v) is 10.0. The Morgan fingerprint density at radius 2 is 1.93 bits per heavy atom. The Hall–Kier alpha value is 0.200. The maximum absolute atomic E-state index is 12.9. The molecule has 10 heteroatoms. The molecular weight excluding hydrogens is 439 g/mol. The molecule has 2 rings (SSSR count). The average molecular weight is 473 g/mol. The molecular formula is C19H34Cl2N2O5S. The fraction of sp³-hybridized carbons (Fsp3) is 0.947. The summed E-state index contributed by atoms with van der Waals surface area (Å²) in [5.74, 6) is 0.363. The molecule has 0 radical (unpaired) electrons. The molecule has 170 valence electrons. The van der Waals surface area contributed by atoms with Crippen molar-refractivity contribution in [3.05, 3.63) is 0 Å². The summed E-state index contributed by atoms with van der Waals surface area (Å²) in [5.41, 5.74) is -0.764. The first-order valence-electron chi connectivity index (χ1n) is 10.3. The molecule has 2 fully saturated rings. The van der Waals surface area contributed by atoms with Crippen molar-refractivity contribution in [1.29, 1.82) is 0 Å². The lowest BCUT2D eigenvalue weighted by molar-refractivity contribution is -0.204. The van der Waals surface area contributed by atoms with Gasteiger partial charge in [0.2, 0.25) is 5.91 Å². The molecule has 2 aliphatic heterocycles. The van der Waals surface area contributed by atoms with Crippen LogP contribution in [0.4, 0.5) is 0 Å². The topological polar surface area (TPSA) is 111 Å². The maximum atomic E-state index is 12.9. The fourth-order valence-corrected chi connectivity index (χ4v) is 5.13. The third-order valence-corrected chi connectivity index (χ3v) is 7.26. The molecule has 2 heterocycles. The highest BCUT2D eigenvalue weighted by atomic mass is 35.5. The predicted octanol–water partition coefficient (Wildman–Crippen LogP) is 1.39. The lowest BCUT2D eigenvalue weighted by Crippen LogP contribution is -2.65. The Morgan fingerprint density at radius 3 is 2.55 bits per heavy atom. The van der Waals surface area contributed by atoms with E-state index in [0.29, 0.717) is 12.3 Å². The monoisotopic (exact) mass is 472 g/mol. The summed E-state index contributed by atoms with van der Waals surface area (Å²) in [5, 5.41) is 36.7. The third-order valence-electron chi connectivity index (χ3n) is 5.86. The van der Waals surface area contributed by atoms with Crippen LogP contribution in [0.25, 0.3) is 0 Å². The van der Waals surface area contributed by atoms with Gasteiger partial charge in [0, 0.05) is 0 Å². The van der Waals surface area contributed by atoms with Crippen molar-refractivity contribution in [3.8, 4) is 0 Å². The van der Waals surface area contributed by atoms with Gasteiger partial charge in [0.25, 0.3) is 0 Å². The Balaban J connectivity index is 2.01. The molecule has 2 saturated heterocycles. The van der Waals surface area contributed by atoms with Crippen LogP contribution in [0, 0.1) is 5.92 Å². The lowest BCUT2D eigenvalue weighted by atomic mass is 9.93. The summed E-state index contributed by atoms with van der Waals surface area (Å²) in [7, 11) is 0. The molecule has 0 aliphatic carbocycles. The van der Waals surface area contributed by atoms with Crippen LogP contribution >= 0.6 is 35.0 Å². The van der Waals surface area contributed by atoms with E-state index in [2.05, 4.69) is 17.6 Å². The van der Waals surface area contributed by atoms with Crippen LogP contribution in [0.2, 0.25) is 0 Å². The van der Waals surface area contributed by atoms with Gasteiger partial charge in [0.1, 0.15) is 34.7 Å². The molecule has 0 aromatic rings. The standard InChI is InChI=1S/C19H34Cl2N2O5S/c1-3-4-5-10-6-7-11(22-9-8-10)18(27)23-12(17(20)21)16-14(25)13(24)15(26)19(28-16)29-2/h10-17,19,22,24-26H,3-9H2,1-2H3,(H,23,27)/t10-,11-,12-,13-,14+,15-,16+,19-/m0/s1. The van der Waals surface area contributed by atoms with E-state index in [0.717, 1.165) is 19.4 Å². The van der Waals surface area contributed by atoms with E-state index in [9.17, 15) is 20.1 Å². The quantitative estimate of drug-likeness (QED) is 0.339. The van der Waals surface area contributed by atoms with Gasteiger partial charge >= 0.3 is 0 Å². The minimum absolute atomic E-state index is 0.255. The number of halogens is 2. The summed E-state index contributed by atoms with van der Waals surface area (Å²) in [6.45, 7) is 2.95. The van der Waals surface area contributed by atoms with E-state index in [4.69, 9.17) is 27.9 Å². The van der Waals surface area contributed by atoms with Crippen molar-refractivity contribution in [3.63, 3.8) is 0 Å². The number of rotatable bonds is 8. The van der Waals surface area contributed by atoms with E-state index < -0.39 is 40.7 Å². The zero-order chi connectivity index (χ0) is 21.6. The molecule has 7 nitrogen and oxygen atoms in total. The van der Waals surface area contributed by atoms with Crippen molar-refractivity contribution >= 4 is 40.9 Å². The van der Waals surface area contributed by atoms with E-state index >= 15 is 0 Å². The van der Waals surface area contributed by atoms with Crippen molar-refractivity contribution in [2.75, 3.05) is 12.8 Å². The second-order valence-electron chi connectivity index (χ2n) is 7.93. The number of ether oxygens (including phenoxy) is 1. The molecule has 0 saturated carbocycles. The van der Waals surface area contributed by atoms with E-state index in [1.807, 2.05) is 0 Å². The van der Waals surface area contributed by atoms with Crippen molar-refractivity contribution < 1.29 is 24.9 Å². The highest BCUT2D eigenvalue weighted by Gasteiger charge is 2.48. The third kappa shape index (κ3) is 6.84. The highest BCUT2D eigenvalue weighted by molar-refractivity contribution is 7.99. The maximum Gasteiger partial charge on any atom is 0.237 e. The minimum Gasteiger partial charge on any atom is -0.388 e. The van der Waals surface area contributed by atoms with Gasteiger partial charge in [-0.3, -0.25) is 4.79 Å². The van der Waals surface area contributed by atoms with Crippen LogP contribution in [-0.2, 0) is 9.53 Å². The second kappa shape index (κ2) is 12.3. The van der Waals surface area contributed by atoms with E-state index in [-0.39, 0.29) is 11.9 Å². The minimum atomic E-state index is -1.43. The van der Waals surface area contributed by atoms with Gasteiger partial charge in [0.05, 0.1) is 12.1 Å². The van der Waals surface area contributed by atoms with Crippen LogP contribution < -0.4 is 10.6 Å². The van der Waals surface area contributed by atoms with Crippen LogP contribution in [0.1, 0.15) is 45.4 Å². The number of nitrogens with one attached hydrogen (secondary N) is 2. The SMILES string of the molecule is CCCC[C@@H]1CCN[C@H](C(=O)N[C@H](C(Cl)Cl)[C@H]2O[C@@H](SC)[C@@H](O)[C@@H](O)[C@H]2O)CC1. The molecule has 2 aliphatic rings. The summed E-state index contributed by atoms with van der Waals surface area (Å²) in [4.78, 5) is 11.8. The fourth-order valence-electron chi connectivity index (χ4n) is 4.03. The Bertz CT molecular complexity index is 517. The van der Waals surface area contributed by atoms with Gasteiger partial charge in [0.15, 0.2) is 0 Å². The Morgan fingerprint density at radius 1 is 1.21 bits per heavy atom. The number of hydrogen-bond donors (Lipinski definition) is 5. The summed E-state index contributed by atoms with van der Waals surface area (Å²) in [6, 6.07) is -1.30. The first kappa shape index (κ1) is 25.5. The average Bonchev–Trinajstić information content (AvgIpc) is 2.95. The number of unbranched alkanes of at least 4 members (excludes halogenated alkanes) is 1. The molecule has 0 aromatic heterocycles. The first-order chi connectivity index (χ1) is 13.8. The van der Waals surface area contributed by atoms with Gasteiger partial charge < -0.3 is 30.7 Å². The van der Waals surface area contributed by atoms with E-state index in [1.54, 1.807) is 6.26 Å². The van der Waals surface area contributed by atoms with Crippen LogP contribution in [0.5, 0.6) is 0 Å². The van der Waals surface area contributed by atoms with Crippen molar-refractivity contribution in [1.82, 2.24) is 10.6 Å². The van der Waals surface area contributed by atoms with Crippen molar-refractivity contribution in [2.45, 2.75) is 92.2 Å². The largest absolute Gasteiger partial charge is 0.388 e. The number of amides is 1. The number of thioether (sulfide) groups is 1. The normalized spacial score (nSPS) is 37.2. The zero-order valence-electron chi connectivity index (χ0n) is 17.0. The van der Waals surface area contributed by atoms with Crippen LogP contribution in [0.3, 0.4) is 0 Å². The van der Waals surface area contributed by atoms with Gasteiger partial charge in [-0.1, -0.05) is 26.2 Å². The van der Waals surface area contributed by atoms with Crippen LogP contribution in [-0.4, -0.2) is 80.8 Å². The highest BCUT2D eigenvalue weighted by Crippen LogP contribution is 2.31. The van der Waals surface area contributed by atoms with Crippen LogP contribution in [0.15, 0.2) is 0 Å². The molecule has 0 spiro atoms. The lowest BCUT2D eigenvalue weighted by Gasteiger charge is -2.43. The smallest absolute Gasteiger partial charge is 0.237 e. The number of aliphatic hydroxyl groups excluding tert-OH is 3. The Kier molecular flexibility index (Phi) is 10.8. The summed E-state index contributed by atoms with van der Waals surface area (Å²) >= 11 is 13.4. The first-order valence-corrected chi connectivity index (χ1v) is 12.5. The molecule has 0 unspecified atom stereocenters. The summed E-state index contributed by atoms with van der Waals surface area (Å²) in [6.07, 6.45) is 2.85. The molecule has 8 atom stereocenters.